The van der Waals surface area contributed by atoms with Gasteiger partial charge in [-0.25, -0.2) is 4.98 Å². The Kier molecular flexibility index (Phi) is 3.27. The molecule has 1 heterocycles. The maximum Gasteiger partial charge on any atom is 0.260 e. The average molecular weight is 296 g/mol. The van der Waals surface area contributed by atoms with E-state index in [9.17, 15) is 20.1 Å². The molecular formula is C16H12N2O4. The highest BCUT2D eigenvalue weighted by molar-refractivity contribution is 6.06. The fourth-order valence-corrected chi connectivity index (χ4v) is 2.07. The minimum Gasteiger partial charge on any atom is -0.504 e. The minimum absolute atomic E-state index is 0.162. The van der Waals surface area contributed by atoms with Gasteiger partial charge in [0.2, 0.25) is 5.75 Å². The fraction of sp³-hybridized carbons (Fsp3) is 0. The lowest BCUT2D eigenvalue weighted by Gasteiger charge is -2.08. The average Bonchev–Trinajstić information content (AvgIpc) is 2.52. The number of amides is 1. The smallest absolute Gasteiger partial charge is 0.260 e. The van der Waals surface area contributed by atoms with E-state index in [2.05, 4.69) is 10.3 Å². The number of rotatable bonds is 2. The van der Waals surface area contributed by atoms with Crippen LogP contribution in [0.15, 0.2) is 48.5 Å². The summed E-state index contributed by atoms with van der Waals surface area (Å²) in [6, 6.07) is 13.2. The summed E-state index contributed by atoms with van der Waals surface area (Å²) >= 11 is 0. The van der Waals surface area contributed by atoms with Crippen LogP contribution in [-0.2, 0) is 0 Å². The van der Waals surface area contributed by atoms with Crippen LogP contribution in [0.1, 0.15) is 10.4 Å². The highest BCUT2D eigenvalue weighted by atomic mass is 16.3. The molecule has 2 aromatic carbocycles. The molecule has 6 nitrogen and oxygen atoms in total. The summed E-state index contributed by atoms with van der Waals surface area (Å²) < 4.78 is 0. The zero-order valence-electron chi connectivity index (χ0n) is 11.3. The zero-order valence-corrected chi connectivity index (χ0v) is 11.3. The van der Waals surface area contributed by atoms with E-state index in [4.69, 9.17) is 0 Å². The highest BCUT2D eigenvalue weighted by Crippen LogP contribution is 2.37. The molecule has 0 saturated heterocycles. The molecule has 0 saturated carbocycles. The van der Waals surface area contributed by atoms with Gasteiger partial charge in [0.1, 0.15) is 5.82 Å². The summed E-state index contributed by atoms with van der Waals surface area (Å²) in [7, 11) is 0. The number of anilines is 1. The number of aromatic nitrogens is 1. The second kappa shape index (κ2) is 5.25. The van der Waals surface area contributed by atoms with Crippen molar-refractivity contribution >= 4 is 22.6 Å². The lowest BCUT2D eigenvalue weighted by molar-refractivity contribution is 0.102. The van der Waals surface area contributed by atoms with E-state index in [-0.39, 0.29) is 5.56 Å². The number of nitrogens with one attached hydrogen (secondary N) is 1. The van der Waals surface area contributed by atoms with Gasteiger partial charge >= 0.3 is 0 Å². The quantitative estimate of drug-likeness (QED) is 0.544. The number of nitrogens with zero attached hydrogens (tertiary/aromatic N) is 1. The second-order valence-electron chi connectivity index (χ2n) is 4.67. The van der Waals surface area contributed by atoms with Crippen LogP contribution in [0, 0.1) is 0 Å². The van der Waals surface area contributed by atoms with Crippen LogP contribution >= 0.6 is 0 Å². The van der Waals surface area contributed by atoms with Gasteiger partial charge in [-0.05, 0) is 30.3 Å². The summed E-state index contributed by atoms with van der Waals surface area (Å²) in [5.74, 6) is -2.25. The van der Waals surface area contributed by atoms with Gasteiger partial charge in [-0.3, -0.25) is 4.79 Å². The van der Waals surface area contributed by atoms with Gasteiger partial charge in [0.15, 0.2) is 11.5 Å². The molecule has 3 rings (SSSR count). The van der Waals surface area contributed by atoms with Crippen LogP contribution in [0.4, 0.5) is 5.82 Å². The molecule has 1 amide bonds. The highest BCUT2D eigenvalue weighted by Gasteiger charge is 2.17. The Morgan fingerprint density at radius 1 is 0.909 bits per heavy atom. The number of benzene rings is 2. The van der Waals surface area contributed by atoms with Crippen molar-refractivity contribution in [3.63, 3.8) is 0 Å². The standard InChI is InChI=1S/C16H12N2O4/c19-12-7-6-10(14(20)15(12)21)16(22)18-13-8-5-9-3-1-2-4-11(9)17-13/h1-8,19-21H,(H,17,18,22). The molecular weight excluding hydrogens is 284 g/mol. The number of fused-ring (bicyclic) bond motifs is 1. The van der Waals surface area contributed by atoms with Crippen LogP contribution < -0.4 is 5.32 Å². The first kappa shape index (κ1) is 13.7. The zero-order chi connectivity index (χ0) is 15.7. The lowest BCUT2D eigenvalue weighted by atomic mass is 10.1. The van der Waals surface area contributed by atoms with E-state index in [0.717, 1.165) is 17.0 Å². The Morgan fingerprint density at radius 2 is 1.68 bits per heavy atom. The van der Waals surface area contributed by atoms with Crippen LogP contribution in [-0.4, -0.2) is 26.2 Å². The Labute approximate surface area is 125 Å². The molecule has 0 spiro atoms. The van der Waals surface area contributed by atoms with E-state index in [1.165, 1.54) is 6.07 Å². The number of phenols is 3. The Bertz CT molecular complexity index is 877. The summed E-state index contributed by atoms with van der Waals surface area (Å²) in [5, 5.41) is 31.9. The second-order valence-corrected chi connectivity index (χ2v) is 4.67. The largest absolute Gasteiger partial charge is 0.504 e. The molecule has 0 fully saturated rings. The van der Waals surface area contributed by atoms with Crippen molar-refractivity contribution in [3.8, 4) is 17.2 Å². The molecule has 0 aliphatic rings. The third kappa shape index (κ3) is 2.37. The molecule has 1 aromatic heterocycles. The van der Waals surface area contributed by atoms with Crippen molar-refractivity contribution in [1.29, 1.82) is 0 Å². The molecule has 0 atom stereocenters. The van der Waals surface area contributed by atoms with Gasteiger partial charge in [-0.2, -0.15) is 0 Å². The van der Waals surface area contributed by atoms with E-state index in [1.54, 1.807) is 6.07 Å². The normalized spacial score (nSPS) is 10.5. The summed E-state index contributed by atoms with van der Waals surface area (Å²) in [6.45, 7) is 0. The predicted octanol–water partition coefficient (Wildman–Crippen LogP) is 2.60. The van der Waals surface area contributed by atoms with Crippen molar-refractivity contribution < 1.29 is 20.1 Å². The number of para-hydroxylation sites is 1. The maximum atomic E-state index is 12.1. The van der Waals surface area contributed by atoms with E-state index < -0.39 is 23.2 Å². The molecule has 22 heavy (non-hydrogen) atoms. The monoisotopic (exact) mass is 296 g/mol. The van der Waals surface area contributed by atoms with E-state index >= 15 is 0 Å². The SMILES string of the molecule is O=C(Nc1ccc2ccccc2n1)c1ccc(O)c(O)c1O. The Hall–Kier alpha value is -3.28. The van der Waals surface area contributed by atoms with Gasteiger partial charge in [-0.15, -0.1) is 0 Å². The van der Waals surface area contributed by atoms with Gasteiger partial charge in [0.05, 0.1) is 11.1 Å². The van der Waals surface area contributed by atoms with Crippen molar-refractivity contribution in [3.05, 3.63) is 54.1 Å². The van der Waals surface area contributed by atoms with E-state index in [0.29, 0.717) is 5.82 Å². The summed E-state index contributed by atoms with van der Waals surface area (Å²) in [5.41, 5.74) is 0.559. The number of aromatic hydroxyl groups is 3. The topological polar surface area (TPSA) is 103 Å². The van der Waals surface area contributed by atoms with Gasteiger partial charge < -0.3 is 20.6 Å². The molecule has 0 bridgehead atoms. The van der Waals surface area contributed by atoms with Gasteiger partial charge in [0, 0.05) is 5.39 Å². The third-order valence-corrected chi connectivity index (χ3v) is 3.21. The van der Waals surface area contributed by atoms with Crippen molar-refractivity contribution in [1.82, 2.24) is 4.98 Å². The molecule has 0 aliphatic carbocycles. The molecule has 6 heteroatoms. The summed E-state index contributed by atoms with van der Waals surface area (Å²) in [6.07, 6.45) is 0. The first-order valence-corrected chi connectivity index (χ1v) is 6.47. The van der Waals surface area contributed by atoms with Crippen LogP contribution in [0.2, 0.25) is 0 Å². The first-order chi connectivity index (χ1) is 10.6. The van der Waals surface area contributed by atoms with Crippen LogP contribution in [0.5, 0.6) is 17.2 Å². The molecule has 0 radical (unpaired) electrons. The van der Waals surface area contributed by atoms with Crippen molar-refractivity contribution in [2.24, 2.45) is 0 Å². The molecule has 0 unspecified atom stereocenters. The molecule has 110 valence electrons. The number of hydrogen-bond donors (Lipinski definition) is 4. The lowest BCUT2D eigenvalue weighted by Crippen LogP contribution is -2.13. The van der Waals surface area contributed by atoms with Gasteiger partial charge in [-0.1, -0.05) is 18.2 Å². The van der Waals surface area contributed by atoms with Crippen LogP contribution in [0.25, 0.3) is 10.9 Å². The van der Waals surface area contributed by atoms with Gasteiger partial charge in [0.25, 0.3) is 5.91 Å². The Morgan fingerprint density at radius 3 is 2.50 bits per heavy atom. The number of phenolic OH excluding ortho intramolecular Hbond substituents is 3. The van der Waals surface area contributed by atoms with Crippen molar-refractivity contribution in [2.75, 3.05) is 5.32 Å². The minimum atomic E-state index is -0.737. The first-order valence-electron chi connectivity index (χ1n) is 6.47. The number of hydrogen-bond acceptors (Lipinski definition) is 5. The van der Waals surface area contributed by atoms with E-state index in [1.807, 2.05) is 30.3 Å². The number of carbonyl (C=O) groups is 1. The Balaban J connectivity index is 1.91. The van der Waals surface area contributed by atoms with Crippen LogP contribution in [0.3, 0.4) is 0 Å². The van der Waals surface area contributed by atoms with Crippen molar-refractivity contribution in [2.45, 2.75) is 0 Å². The predicted molar refractivity (Wildman–Crippen MR) is 81.1 cm³/mol. The maximum absolute atomic E-state index is 12.1. The summed E-state index contributed by atoms with van der Waals surface area (Å²) in [4.78, 5) is 16.4. The third-order valence-electron chi connectivity index (χ3n) is 3.21. The number of pyridine rings is 1. The fourth-order valence-electron chi connectivity index (χ4n) is 2.07. The molecule has 3 aromatic rings. The number of carbonyl (C=O) groups excluding carboxylic acids is 1. The molecule has 4 N–H and O–H groups in total. The molecule has 0 aliphatic heterocycles.